The summed E-state index contributed by atoms with van der Waals surface area (Å²) in [5.74, 6) is -2.42. The van der Waals surface area contributed by atoms with Gasteiger partial charge < -0.3 is 30.5 Å². The number of nitrogens with zero attached hydrogens (tertiary/aromatic N) is 2. The minimum Gasteiger partial charge on any atom is -0.387 e. The van der Waals surface area contributed by atoms with Crippen molar-refractivity contribution in [1.82, 2.24) is 10.6 Å². The van der Waals surface area contributed by atoms with Gasteiger partial charge in [-0.25, -0.2) is 0 Å². The number of ketones is 3. The van der Waals surface area contributed by atoms with Crippen molar-refractivity contribution in [2.24, 2.45) is 10.3 Å². The van der Waals surface area contributed by atoms with Gasteiger partial charge in [0, 0.05) is 25.8 Å². The topological polar surface area (TPSA) is 193 Å². The number of carbonyl (C=O) groups excluding carboxylic acids is 5. The quantitative estimate of drug-likeness (QED) is 0.260. The molecule has 0 aromatic rings. The molecule has 2 aliphatic carbocycles. The third kappa shape index (κ3) is 5.84. The number of amides is 2. The molecule has 4 N–H and O–H groups in total. The fourth-order valence-electron chi connectivity index (χ4n) is 4.22. The van der Waals surface area contributed by atoms with Crippen LogP contribution in [-0.2, 0) is 33.6 Å². The number of Topliss-reactive ketones (excluding diaryl/α,β-unsaturated/α-hetero) is 3. The second-order valence-electron chi connectivity index (χ2n) is 9.16. The molecule has 4 rings (SSSR count). The monoisotopic (exact) mass is 800 g/mol. The first-order valence-electron chi connectivity index (χ1n) is 11.4. The lowest BCUT2D eigenvalue weighted by molar-refractivity contribution is -0.125. The molecule has 2 unspecified atom stereocenters. The van der Waals surface area contributed by atoms with E-state index in [4.69, 9.17) is 9.68 Å². The number of halogens is 4. The minimum atomic E-state index is -1.41. The van der Waals surface area contributed by atoms with E-state index in [9.17, 15) is 34.2 Å². The largest absolute Gasteiger partial charge is 0.387 e. The van der Waals surface area contributed by atoms with E-state index in [-0.39, 0.29) is 70.1 Å². The van der Waals surface area contributed by atoms with Gasteiger partial charge in [-0.05, 0) is 44.0 Å². The summed E-state index contributed by atoms with van der Waals surface area (Å²) in [5, 5.41) is 33.4. The van der Waals surface area contributed by atoms with Gasteiger partial charge in [0.1, 0.15) is 33.3 Å². The molecule has 0 aromatic carbocycles. The highest BCUT2D eigenvalue weighted by atomic mass is 79.9. The van der Waals surface area contributed by atoms with Crippen molar-refractivity contribution in [3.63, 3.8) is 0 Å². The van der Waals surface area contributed by atoms with Crippen molar-refractivity contribution >= 4 is 104 Å². The van der Waals surface area contributed by atoms with Crippen molar-refractivity contribution in [3.8, 4) is 0 Å². The highest BCUT2D eigenvalue weighted by molar-refractivity contribution is 9.12. The smallest absolute Gasteiger partial charge is 0.269 e. The van der Waals surface area contributed by atoms with E-state index in [0.29, 0.717) is 0 Å². The summed E-state index contributed by atoms with van der Waals surface area (Å²) in [6.07, 6.45) is -0.160. The molecule has 0 saturated carbocycles. The second-order valence-corrected chi connectivity index (χ2v) is 12.8. The molecule has 210 valence electrons. The lowest BCUT2D eigenvalue weighted by Crippen LogP contribution is -2.52. The van der Waals surface area contributed by atoms with Crippen LogP contribution in [0.5, 0.6) is 0 Å². The van der Waals surface area contributed by atoms with Gasteiger partial charge in [-0.2, -0.15) is 0 Å². The first-order valence-corrected chi connectivity index (χ1v) is 14.8. The van der Waals surface area contributed by atoms with Gasteiger partial charge in [0.05, 0.1) is 15.5 Å². The number of hydrogen-bond donors (Lipinski definition) is 4. The average molecular weight is 804 g/mol. The maximum atomic E-state index is 12.5. The molecule has 2 heterocycles. The summed E-state index contributed by atoms with van der Waals surface area (Å²) < 4.78 is 0.363. The average Bonchev–Trinajstić information content (AvgIpc) is 3.53. The molecule has 2 aliphatic heterocycles. The first-order chi connectivity index (χ1) is 18.3. The van der Waals surface area contributed by atoms with Gasteiger partial charge in [-0.1, -0.05) is 42.2 Å². The molecule has 0 radical (unpaired) electrons. The highest BCUT2D eigenvalue weighted by Crippen LogP contribution is 2.41. The molecule has 0 saturated heterocycles. The Morgan fingerprint density at radius 1 is 0.872 bits per heavy atom. The number of carbonyl (C=O) groups is 5. The lowest BCUT2D eigenvalue weighted by Gasteiger charge is -2.34. The predicted molar refractivity (Wildman–Crippen MR) is 149 cm³/mol. The summed E-state index contributed by atoms with van der Waals surface area (Å²) in [5.41, 5.74) is -2.88. The van der Waals surface area contributed by atoms with Crippen LogP contribution in [0.15, 0.2) is 31.4 Å². The van der Waals surface area contributed by atoms with Gasteiger partial charge in [-0.3, -0.25) is 24.0 Å². The number of oxime groups is 2. The van der Waals surface area contributed by atoms with E-state index in [1.54, 1.807) is 0 Å². The van der Waals surface area contributed by atoms with Crippen molar-refractivity contribution in [2.75, 3.05) is 13.1 Å². The van der Waals surface area contributed by atoms with Gasteiger partial charge >= 0.3 is 0 Å². The standard InChI is InChI=1S/C22H20Br4N4O9/c23-9-3-21(17(34)13(25)15(9)32)5-11(29-38-21)19(36)27-2-1-8(31)7-28-20(37)12-6-22(39-30-12)4-10(24)16(33)14(26)18(22)35/h3-4,13-14,17-18,34-35H,1-2,5-7H2,(H,27,36)(H,28,37)/t13-,14-,17?,18?,21-,22-/m0/s1. The Kier molecular flexibility index (Phi) is 8.97. The number of rotatable bonds is 7. The van der Waals surface area contributed by atoms with Crippen molar-refractivity contribution < 1.29 is 43.9 Å². The van der Waals surface area contributed by atoms with Crippen LogP contribution in [0.2, 0.25) is 0 Å². The zero-order valence-electron chi connectivity index (χ0n) is 19.7. The Hall–Kier alpha value is -1.79. The third-order valence-electron chi connectivity index (χ3n) is 6.47. The molecule has 0 aromatic heterocycles. The number of hydrogen-bond acceptors (Lipinski definition) is 11. The van der Waals surface area contributed by atoms with Gasteiger partial charge in [0.2, 0.25) is 0 Å². The molecule has 13 nitrogen and oxygen atoms in total. The van der Waals surface area contributed by atoms with Crippen LogP contribution >= 0.6 is 63.7 Å². The van der Waals surface area contributed by atoms with Crippen molar-refractivity contribution in [1.29, 1.82) is 0 Å². The van der Waals surface area contributed by atoms with E-state index in [0.717, 1.165) is 0 Å². The first kappa shape index (κ1) is 30.2. The zero-order valence-corrected chi connectivity index (χ0v) is 26.0. The predicted octanol–water partition coefficient (Wildman–Crippen LogP) is 0.180. The van der Waals surface area contributed by atoms with E-state index >= 15 is 0 Å². The van der Waals surface area contributed by atoms with Crippen LogP contribution in [0, 0.1) is 0 Å². The van der Waals surface area contributed by atoms with Gasteiger partial charge in [0.25, 0.3) is 11.8 Å². The molecular formula is C22H20Br4N4O9. The van der Waals surface area contributed by atoms with Crippen LogP contribution in [0.1, 0.15) is 19.3 Å². The second kappa shape index (κ2) is 11.6. The minimum absolute atomic E-state index is 0.0217. The molecule has 17 heteroatoms. The molecule has 2 spiro atoms. The normalized spacial score (nSPS) is 33.6. The van der Waals surface area contributed by atoms with E-state index in [1.165, 1.54) is 12.2 Å². The molecule has 2 amide bonds. The fraction of sp³-hybridized carbons (Fsp3) is 0.500. The van der Waals surface area contributed by atoms with Crippen LogP contribution in [0.4, 0.5) is 0 Å². The van der Waals surface area contributed by atoms with Crippen LogP contribution in [0.3, 0.4) is 0 Å². The number of aliphatic hydroxyl groups is 2. The Morgan fingerprint density at radius 3 is 1.77 bits per heavy atom. The molecular weight excluding hydrogens is 784 g/mol. The number of allylic oxidation sites excluding steroid dienone is 2. The van der Waals surface area contributed by atoms with E-state index in [1.807, 2.05) is 0 Å². The highest BCUT2D eigenvalue weighted by Gasteiger charge is 2.54. The zero-order chi connectivity index (χ0) is 28.7. The lowest BCUT2D eigenvalue weighted by atomic mass is 9.83. The molecule has 39 heavy (non-hydrogen) atoms. The maximum absolute atomic E-state index is 12.5. The molecule has 0 fully saturated rings. The Labute approximate surface area is 254 Å². The van der Waals surface area contributed by atoms with E-state index < -0.39 is 44.9 Å². The van der Waals surface area contributed by atoms with Gasteiger partial charge in [0.15, 0.2) is 28.6 Å². The third-order valence-corrected chi connectivity index (χ3v) is 9.54. The Bertz CT molecular complexity index is 1270. The van der Waals surface area contributed by atoms with Crippen molar-refractivity contribution in [3.05, 3.63) is 21.1 Å². The Balaban J connectivity index is 1.21. The number of alkyl halides is 2. The maximum Gasteiger partial charge on any atom is 0.269 e. The summed E-state index contributed by atoms with van der Waals surface area (Å²) in [4.78, 5) is 70.0. The summed E-state index contributed by atoms with van der Waals surface area (Å²) in [7, 11) is 0. The SMILES string of the molecule is O=C(CCNC(=O)C1=NO[C@@]2(C=C(Br)C(=O)[C@H](Br)C2O)C1)CNC(=O)C1=NO[C@@]2(C=C(Br)C(=O)[C@H](Br)C2O)C1. The van der Waals surface area contributed by atoms with Crippen LogP contribution in [0.25, 0.3) is 0 Å². The fourth-order valence-corrected chi connectivity index (χ4v) is 7.49. The summed E-state index contributed by atoms with van der Waals surface area (Å²) >= 11 is 12.5. The molecule has 6 atom stereocenters. The van der Waals surface area contributed by atoms with Crippen LogP contribution < -0.4 is 10.6 Å². The van der Waals surface area contributed by atoms with Crippen molar-refractivity contribution in [2.45, 2.75) is 52.3 Å². The molecule has 4 aliphatic rings. The van der Waals surface area contributed by atoms with E-state index in [2.05, 4.69) is 84.7 Å². The van der Waals surface area contributed by atoms with Gasteiger partial charge in [-0.15, -0.1) is 0 Å². The summed E-state index contributed by atoms with van der Waals surface area (Å²) in [6, 6.07) is 0. The molecule has 0 bridgehead atoms. The Morgan fingerprint density at radius 2 is 1.31 bits per heavy atom. The van der Waals surface area contributed by atoms with Crippen LogP contribution in [-0.4, -0.2) is 97.0 Å². The number of aliphatic hydroxyl groups excluding tert-OH is 2. The summed E-state index contributed by atoms with van der Waals surface area (Å²) in [6.45, 7) is -0.402. The number of nitrogens with one attached hydrogen (secondary N) is 2.